The summed E-state index contributed by atoms with van der Waals surface area (Å²) in [5, 5.41) is 2.69. The van der Waals surface area contributed by atoms with Crippen molar-refractivity contribution in [3.8, 4) is 0 Å². The monoisotopic (exact) mass is 571 g/mol. The molecule has 0 aliphatic heterocycles. The number of unbranched alkanes of at least 4 members (excludes halogenated alkanes) is 3. The highest BCUT2D eigenvalue weighted by Gasteiger charge is 2.29. The topological polar surface area (TPSA) is 100 Å². The number of esters is 2. The van der Waals surface area contributed by atoms with Crippen LogP contribution in [0.15, 0.2) is 0 Å². The van der Waals surface area contributed by atoms with Crippen molar-refractivity contribution >= 4 is 18.0 Å². The molecule has 8 heteroatoms. The molecule has 0 aromatic rings. The lowest BCUT2D eigenvalue weighted by Gasteiger charge is -2.32. The zero-order valence-corrected chi connectivity index (χ0v) is 27.0. The summed E-state index contributed by atoms with van der Waals surface area (Å²) in [5.74, 6) is 0.186. The van der Waals surface area contributed by atoms with E-state index in [4.69, 9.17) is 18.9 Å². The van der Waals surface area contributed by atoms with E-state index in [-0.39, 0.29) is 36.7 Å². The Hall–Kier alpha value is -1.83. The van der Waals surface area contributed by atoms with Crippen LogP contribution in [-0.4, -0.2) is 55.6 Å². The highest BCUT2D eigenvalue weighted by Crippen LogP contribution is 2.30. The Bertz CT molecular complexity index is 697. The van der Waals surface area contributed by atoms with Crippen molar-refractivity contribution in [1.29, 1.82) is 0 Å². The number of hydrogen-bond donors (Lipinski definition) is 1. The number of nitrogens with one attached hydrogen (secondary N) is 1. The number of carbonyl (C=O) groups excluding carboxylic acids is 3. The Kier molecular flexibility index (Phi) is 20.9. The summed E-state index contributed by atoms with van der Waals surface area (Å²) >= 11 is 0. The summed E-state index contributed by atoms with van der Waals surface area (Å²) < 4.78 is 22.1. The second kappa shape index (κ2) is 21.9. The molecule has 1 N–H and O–H groups in total. The molecule has 40 heavy (non-hydrogen) atoms. The first-order valence-corrected chi connectivity index (χ1v) is 15.8. The van der Waals surface area contributed by atoms with Crippen LogP contribution in [-0.2, 0) is 28.5 Å². The van der Waals surface area contributed by atoms with Crippen LogP contribution in [0.3, 0.4) is 0 Å². The van der Waals surface area contributed by atoms with Gasteiger partial charge in [-0.15, -0.1) is 0 Å². The number of ether oxygens (including phenoxy) is 4. The van der Waals surface area contributed by atoms with Crippen LogP contribution >= 0.6 is 0 Å². The summed E-state index contributed by atoms with van der Waals surface area (Å²) in [6, 6.07) is 0. The van der Waals surface area contributed by atoms with Crippen LogP contribution in [0.1, 0.15) is 139 Å². The molecule has 0 bridgehead atoms. The van der Waals surface area contributed by atoms with Crippen LogP contribution in [0.2, 0.25) is 0 Å². The maximum Gasteiger partial charge on any atom is 0.407 e. The summed E-state index contributed by atoms with van der Waals surface area (Å²) in [6.45, 7) is 17.4. The van der Waals surface area contributed by atoms with E-state index in [1.807, 2.05) is 27.7 Å². The average Bonchev–Trinajstić information content (AvgIpc) is 2.89. The predicted molar refractivity (Wildman–Crippen MR) is 160 cm³/mol. The van der Waals surface area contributed by atoms with Crippen molar-refractivity contribution in [1.82, 2.24) is 5.32 Å². The van der Waals surface area contributed by atoms with Gasteiger partial charge in [0, 0.05) is 13.0 Å². The van der Waals surface area contributed by atoms with Crippen molar-refractivity contribution in [2.45, 2.75) is 150 Å². The maximum atomic E-state index is 12.5. The van der Waals surface area contributed by atoms with E-state index in [1.54, 1.807) is 0 Å². The lowest BCUT2D eigenvalue weighted by molar-refractivity contribution is -0.160. The van der Waals surface area contributed by atoms with Gasteiger partial charge in [0.2, 0.25) is 0 Å². The molecule has 1 amide bonds. The number of hydrogen-bond acceptors (Lipinski definition) is 7. The molecular weight excluding hydrogens is 510 g/mol. The molecule has 236 valence electrons. The molecule has 0 rings (SSSR count). The SMILES string of the molecule is CCCCC(CC)CC(C)(CC)OC(=O)CCCCCC(C)(C)OC(=O)NCCOCCOC(=O)C(C)CCC. The molecule has 0 aliphatic carbocycles. The minimum atomic E-state index is -0.608. The lowest BCUT2D eigenvalue weighted by Crippen LogP contribution is -2.36. The second-order valence-electron chi connectivity index (χ2n) is 12.0. The van der Waals surface area contributed by atoms with Crippen LogP contribution in [0.4, 0.5) is 4.79 Å². The number of alkyl carbamates (subject to hydrolysis) is 1. The Morgan fingerprint density at radius 2 is 1.55 bits per heavy atom. The van der Waals surface area contributed by atoms with Crippen molar-refractivity contribution < 1.29 is 33.3 Å². The predicted octanol–water partition coefficient (Wildman–Crippen LogP) is 7.76. The Labute approximate surface area is 245 Å². The van der Waals surface area contributed by atoms with Gasteiger partial charge in [-0.05, 0) is 65.2 Å². The van der Waals surface area contributed by atoms with E-state index in [1.165, 1.54) is 19.3 Å². The first kappa shape index (κ1) is 38.2. The molecule has 0 spiro atoms. The smallest absolute Gasteiger partial charge is 0.407 e. The molecule has 0 fully saturated rings. The largest absolute Gasteiger partial charge is 0.463 e. The van der Waals surface area contributed by atoms with Gasteiger partial charge in [-0.3, -0.25) is 9.59 Å². The van der Waals surface area contributed by atoms with Crippen molar-refractivity contribution in [2.75, 3.05) is 26.4 Å². The van der Waals surface area contributed by atoms with Gasteiger partial charge in [0.05, 0.1) is 19.1 Å². The molecule has 0 aromatic heterocycles. The zero-order valence-electron chi connectivity index (χ0n) is 27.0. The molecule has 3 unspecified atom stereocenters. The summed E-state index contributed by atoms with van der Waals surface area (Å²) in [4.78, 5) is 36.4. The van der Waals surface area contributed by atoms with Gasteiger partial charge in [-0.25, -0.2) is 4.79 Å². The van der Waals surface area contributed by atoms with Gasteiger partial charge in [0.25, 0.3) is 0 Å². The summed E-state index contributed by atoms with van der Waals surface area (Å²) in [6.07, 6.45) is 11.4. The van der Waals surface area contributed by atoms with Crippen molar-refractivity contribution in [3.63, 3.8) is 0 Å². The minimum Gasteiger partial charge on any atom is -0.463 e. The second-order valence-corrected chi connectivity index (χ2v) is 12.0. The third-order valence-corrected chi connectivity index (χ3v) is 7.51. The van der Waals surface area contributed by atoms with Crippen LogP contribution in [0, 0.1) is 11.8 Å². The fraction of sp³-hybridized carbons (Fsp3) is 0.906. The Morgan fingerprint density at radius 1 is 0.825 bits per heavy atom. The van der Waals surface area contributed by atoms with Gasteiger partial charge >= 0.3 is 18.0 Å². The molecule has 0 aromatic carbocycles. The van der Waals surface area contributed by atoms with E-state index >= 15 is 0 Å². The van der Waals surface area contributed by atoms with Crippen LogP contribution in [0.25, 0.3) is 0 Å². The lowest BCUT2D eigenvalue weighted by atomic mass is 9.85. The number of rotatable bonds is 24. The molecule has 8 nitrogen and oxygen atoms in total. The van der Waals surface area contributed by atoms with Crippen molar-refractivity contribution in [2.24, 2.45) is 11.8 Å². The van der Waals surface area contributed by atoms with Crippen LogP contribution in [0.5, 0.6) is 0 Å². The average molecular weight is 572 g/mol. The first-order chi connectivity index (χ1) is 18.9. The number of carbonyl (C=O) groups is 3. The zero-order chi connectivity index (χ0) is 30.4. The summed E-state index contributed by atoms with van der Waals surface area (Å²) in [5.41, 5.74) is -0.997. The molecule has 0 saturated carbocycles. The number of amides is 1. The van der Waals surface area contributed by atoms with Gasteiger partial charge in [0.1, 0.15) is 17.8 Å². The standard InChI is InChI=1S/C32H61NO7/c1-9-13-18-27(11-3)25-32(8,12-4)39-28(34)19-15-14-16-20-31(6,7)40-30(36)33-21-22-37-23-24-38-29(35)26(5)17-10-2/h26-27H,9-25H2,1-8H3,(H,33,36). The third-order valence-electron chi connectivity index (χ3n) is 7.51. The highest BCUT2D eigenvalue weighted by atomic mass is 16.6. The van der Waals surface area contributed by atoms with E-state index in [0.717, 1.165) is 51.4 Å². The molecule has 0 radical (unpaired) electrons. The van der Waals surface area contributed by atoms with E-state index in [0.29, 0.717) is 31.9 Å². The normalized spacial score (nSPS) is 14.6. The Morgan fingerprint density at radius 3 is 2.17 bits per heavy atom. The van der Waals surface area contributed by atoms with Crippen LogP contribution < -0.4 is 5.32 Å². The maximum absolute atomic E-state index is 12.5. The quantitative estimate of drug-likeness (QED) is 0.0718. The van der Waals surface area contributed by atoms with Crippen molar-refractivity contribution in [3.05, 3.63) is 0 Å². The van der Waals surface area contributed by atoms with E-state index in [9.17, 15) is 14.4 Å². The molecule has 0 saturated heterocycles. The Balaban J connectivity index is 4.07. The third kappa shape index (κ3) is 19.3. The first-order valence-electron chi connectivity index (χ1n) is 15.8. The fourth-order valence-corrected chi connectivity index (χ4v) is 4.69. The van der Waals surface area contributed by atoms with Gasteiger partial charge in [-0.2, -0.15) is 0 Å². The highest BCUT2D eigenvalue weighted by molar-refractivity contribution is 5.72. The minimum absolute atomic E-state index is 0.0952. The van der Waals surface area contributed by atoms with Gasteiger partial charge < -0.3 is 24.3 Å². The van der Waals surface area contributed by atoms with Gasteiger partial charge in [-0.1, -0.05) is 73.1 Å². The van der Waals surface area contributed by atoms with E-state index < -0.39 is 11.7 Å². The molecule has 0 heterocycles. The van der Waals surface area contributed by atoms with Gasteiger partial charge in [0.15, 0.2) is 0 Å². The van der Waals surface area contributed by atoms with E-state index in [2.05, 4.69) is 33.0 Å². The molecule has 0 aliphatic rings. The molecular formula is C32H61NO7. The summed E-state index contributed by atoms with van der Waals surface area (Å²) in [7, 11) is 0. The molecule has 3 atom stereocenters. The fourth-order valence-electron chi connectivity index (χ4n) is 4.69.